The fourth-order valence-electron chi connectivity index (χ4n) is 2.94. The van der Waals surface area contributed by atoms with E-state index in [0.717, 1.165) is 6.26 Å². The highest BCUT2D eigenvalue weighted by Gasteiger charge is 2.32. The van der Waals surface area contributed by atoms with Gasteiger partial charge in [0.05, 0.1) is 10.8 Å². The molecule has 2 unspecified atom stereocenters. The van der Waals surface area contributed by atoms with Crippen molar-refractivity contribution in [3.63, 3.8) is 0 Å². The van der Waals surface area contributed by atoms with E-state index in [0.29, 0.717) is 23.1 Å². The average molecular weight is 419 g/mol. The van der Waals surface area contributed by atoms with Gasteiger partial charge in [0.15, 0.2) is 9.84 Å². The Labute approximate surface area is 169 Å². The van der Waals surface area contributed by atoms with E-state index in [1.54, 1.807) is 25.1 Å². The third-order valence-electron chi connectivity index (χ3n) is 4.90. The van der Waals surface area contributed by atoms with Crippen LogP contribution in [0.15, 0.2) is 52.5 Å². The topological polar surface area (TPSA) is 82.0 Å². The number of ether oxygens (including phenoxy) is 1. The van der Waals surface area contributed by atoms with E-state index in [1.807, 2.05) is 6.92 Å². The number of sulfone groups is 1. The van der Waals surface area contributed by atoms with Gasteiger partial charge in [-0.25, -0.2) is 12.8 Å². The van der Waals surface area contributed by atoms with Crippen LogP contribution in [0.2, 0.25) is 0 Å². The standard InChI is InChI=1S/C21H22FNO5S/c1-4-13(2)21(24)28-20-19(12-27-23-20)17-10-9-16(29(3,25)26)11-18(17)14-5-7-15(22)8-6-14/h5-11,13,19H,4,12H2,1-3H3. The highest BCUT2D eigenvalue weighted by molar-refractivity contribution is 7.90. The minimum Gasteiger partial charge on any atom is -0.407 e. The van der Waals surface area contributed by atoms with Gasteiger partial charge in [0.2, 0.25) is 5.90 Å². The molecule has 1 aliphatic heterocycles. The first-order chi connectivity index (χ1) is 13.7. The number of carbonyl (C=O) groups excluding carboxylic acids is 1. The zero-order valence-electron chi connectivity index (χ0n) is 16.4. The van der Waals surface area contributed by atoms with Crippen molar-refractivity contribution in [3.05, 3.63) is 53.8 Å². The summed E-state index contributed by atoms with van der Waals surface area (Å²) in [7, 11) is -3.45. The van der Waals surface area contributed by atoms with Gasteiger partial charge in [-0.1, -0.05) is 37.2 Å². The second-order valence-electron chi connectivity index (χ2n) is 7.04. The smallest absolute Gasteiger partial charge is 0.315 e. The van der Waals surface area contributed by atoms with Crippen molar-refractivity contribution in [2.24, 2.45) is 11.1 Å². The molecule has 2 aromatic carbocycles. The molecule has 0 N–H and O–H groups in total. The number of nitrogens with zero attached hydrogens (tertiary/aromatic N) is 1. The van der Waals surface area contributed by atoms with Gasteiger partial charge in [-0.15, -0.1) is 0 Å². The van der Waals surface area contributed by atoms with Crippen LogP contribution in [0.1, 0.15) is 31.7 Å². The maximum Gasteiger partial charge on any atom is 0.315 e. The van der Waals surface area contributed by atoms with Crippen molar-refractivity contribution >= 4 is 21.7 Å². The van der Waals surface area contributed by atoms with Gasteiger partial charge in [0, 0.05) is 6.26 Å². The number of hydrogen-bond donors (Lipinski definition) is 0. The van der Waals surface area contributed by atoms with E-state index in [-0.39, 0.29) is 23.3 Å². The molecule has 0 radical (unpaired) electrons. The van der Waals surface area contributed by atoms with Gasteiger partial charge in [0.25, 0.3) is 0 Å². The van der Waals surface area contributed by atoms with E-state index >= 15 is 0 Å². The Morgan fingerprint density at radius 2 is 1.97 bits per heavy atom. The molecule has 3 rings (SSSR count). The first-order valence-electron chi connectivity index (χ1n) is 9.22. The van der Waals surface area contributed by atoms with E-state index in [2.05, 4.69) is 5.16 Å². The molecule has 0 amide bonds. The normalized spacial score (nSPS) is 17.4. The zero-order chi connectivity index (χ0) is 21.2. The second kappa shape index (κ2) is 8.32. The van der Waals surface area contributed by atoms with Crippen LogP contribution >= 0.6 is 0 Å². The monoisotopic (exact) mass is 419 g/mol. The van der Waals surface area contributed by atoms with Crippen molar-refractivity contribution in [3.8, 4) is 11.1 Å². The highest BCUT2D eigenvalue weighted by Crippen LogP contribution is 2.35. The SMILES string of the molecule is CCC(C)C(=O)OC1=NOCC1c1ccc(S(C)(=O)=O)cc1-c1ccc(F)cc1. The molecule has 154 valence electrons. The molecule has 1 aliphatic rings. The quantitative estimate of drug-likeness (QED) is 0.686. The molecule has 0 bridgehead atoms. The van der Waals surface area contributed by atoms with Crippen LogP contribution < -0.4 is 0 Å². The Balaban J connectivity index is 2.05. The van der Waals surface area contributed by atoms with Crippen LogP contribution in [-0.4, -0.2) is 33.1 Å². The zero-order valence-corrected chi connectivity index (χ0v) is 17.2. The van der Waals surface area contributed by atoms with E-state index in [9.17, 15) is 17.6 Å². The number of oxime groups is 1. The predicted molar refractivity (Wildman–Crippen MR) is 107 cm³/mol. The minimum atomic E-state index is -3.45. The summed E-state index contributed by atoms with van der Waals surface area (Å²) in [6.45, 7) is 3.79. The Bertz CT molecular complexity index is 1050. The molecule has 1 heterocycles. The molecule has 2 atom stereocenters. The van der Waals surface area contributed by atoms with Crippen molar-refractivity contribution < 1.29 is 27.2 Å². The highest BCUT2D eigenvalue weighted by atomic mass is 32.2. The summed E-state index contributed by atoms with van der Waals surface area (Å²) in [4.78, 5) is 17.5. The molecular formula is C21H22FNO5S. The Morgan fingerprint density at radius 3 is 2.59 bits per heavy atom. The van der Waals surface area contributed by atoms with Gasteiger partial charge in [0.1, 0.15) is 18.3 Å². The lowest BCUT2D eigenvalue weighted by molar-refractivity contribution is -0.139. The predicted octanol–water partition coefficient (Wildman–Crippen LogP) is 3.91. The van der Waals surface area contributed by atoms with E-state index < -0.39 is 27.5 Å². The molecule has 8 heteroatoms. The molecule has 0 spiro atoms. The van der Waals surface area contributed by atoms with Gasteiger partial charge in [-0.3, -0.25) is 4.79 Å². The van der Waals surface area contributed by atoms with Crippen LogP contribution in [0.4, 0.5) is 4.39 Å². The van der Waals surface area contributed by atoms with Crippen molar-refractivity contribution in [2.45, 2.75) is 31.1 Å². The molecule has 0 aliphatic carbocycles. The summed E-state index contributed by atoms with van der Waals surface area (Å²) in [5.41, 5.74) is 1.89. The summed E-state index contributed by atoms with van der Waals surface area (Å²) >= 11 is 0. The number of esters is 1. The van der Waals surface area contributed by atoms with Crippen molar-refractivity contribution in [1.82, 2.24) is 0 Å². The van der Waals surface area contributed by atoms with Crippen LogP contribution in [-0.2, 0) is 24.2 Å². The Kier molecular flexibility index (Phi) is 6.02. The summed E-state index contributed by atoms with van der Waals surface area (Å²) < 4.78 is 42.9. The largest absolute Gasteiger partial charge is 0.407 e. The first kappa shape index (κ1) is 21.0. The van der Waals surface area contributed by atoms with Crippen LogP contribution in [0.5, 0.6) is 0 Å². The Hall–Kier alpha value is -2.74. The number of halogens is 1. The fraction of sp³-hybridized carbons (Fsp3) is 0.333. The second-order valence-corrected chi connectivity index (χ2v) is 9.05. The van der Waals surface area contributed by atoms with Crippen molar-refractivity contribution in [1.29, 1.82) is 0 Å². The van der Waals surface area contributed by atoms with Gasteiger partial charge in [-0.2, -0.15) is 0 Å². The minimum absolute atomic E-state index is 0.130. The lowest BCUT2D eigenvalue weighted by atomic mass is 9.91. The number of carbonyl (C=O) groups is 1. The first-order valence-corrected chi connectivity index (χ1v) is 11.1. The molecule has 0 saturated carbocycles. The van der Waals surface area contributed by atoms with Gasteiger partial charge in [-0.05, 0) is 47.4 Å². The summed E-state index contributed by atoms with van der Waals surface area (Å²) in [5.74, 6) is -1.45. The van der Waals surface area contributed by atoms with Crippen LogP contribution in [0.3, 0.4) is 0 Å². The molecule has 0 saturated heterocycles. The maximum atomic E-state index is 13.4. The average Bonchev–Trinajstić information content (AvgIpc) is 3.14. The Morgan fingerprint density at radius 1 is 1.28 bits per heavy atom. The fourth-order valence-corrected chi connectivity index (χ4v) is 3.59. The molecule has 0 fully saturated rings. The van der Waals surface area contributed by atoms with E-state index in [1.165, 1.54) is 24.3 Å². The van der Waals surface area contributed by atoms with Gasteiger partial charge >= 0.3 is 5.97 Å². The van der Waals surface area contributed by atoms with Crippen LogP contribution in [0.25, 0.3) is 11.1 Å². The summed E-state index contributed by atoms with van der Waals surface area (Å²) in [6, 6.07) is 10.4. The maximum absolute atomic E-state index is 13.4. The third kappa shape index (κ3) is 4.64. The number of rotatable bonds is 5. The molecule has 2 aromatic rings. The molecule has 6 nitrogen and oxygen atoms in total. The van der Waals surface area contributed by atoms with E-state index in [4.69, 9.17) is 9.57 Å². The number of benzene rings is 2. The van der Waals surface area contributed by atoms with Crippen LogP contribution in [0, 0.1) is 11.7 Å². The molecule has 0 aromatic heterocycles. The van der Waals surface area contributed by atoms with Crippen molar-refractivity contribution in [2.75, 3.05) is 12.9 Å². The molecule has 29 heavy (non-hydrogen) atoms. The summed E-state index contributed by atoms with van der Waals surface area (Å²) in [6.07, 6.45) is 1.75. The lowest BCUT2D eigenvalue weighted by Crippen LogP contribution is -2.23. The lowest BCUT2D eigenvalue weighted by Gasteiger charge is -2.18. The third-order valence-corrected chi connectivity index (χ3v) is 6.01. The molecular weight excluding hydrogens is 397 g/mol. The number of hydrogen-bond acceptors (Lipinski definition) is 6. The summed E-state index contributed by atoms with van der Waals surface area (Å²) in [5, 5.41) is 3.87. The van der Waals surface area contributed by atoms with Gasteiger partial charge < -0.3 is 9.57 Å².